The van der Waals surface area contributed by atoms with Crippen molar-refractivity contribution in [1.29, 1.82) is 0 Å². The summed E-state index contributed by atoms with van der Waals surface area (Å²) in [6.45, 7) is 5.99. The van der Waals surface area contributed by atoms with E-state index in [1.165, 1.54) is 0 Å². The van der Waals surface area contributed by atoms with Crippen molar-refractivity contribution in [3.8, 4) is 0 Å². The Kier molecular flexibility index (Phi) is 6.19. The Hall–Kier alpha value is -3.74. The number of nitrogens with zero attached hydrogens (tertiary/aromatic N) is 2. The predicted molar refractivity (Wildman–Crippen MR) is 112 cm³/mol. The van der Waals surface area contributed by atoms with Crippen LogP contribution in [0.5, 0.6) is 0 Å². The van der Waals surface area contributed by atoms with Crippen LogP contribution < -0.4 is 10.6 Å². The van der Waals surface area contributed by atoms with Crippen LogP contribution >= 0.6 is 0 Å². The van der Waals surface area contributed by atoms with E-state index in [1.807, 2.05) is 32.0 Å². The SMILES string of the molecule is CCOC(=O)c1ccccc1NC(=O)c1ccc(Nc2cc(C)ccc2C)nn1. The number of esters is 1. The minimum absolute atomic E-state index is 0.134. The second-order valence-electron chi connectivity index (χ2n) is 6.47. The lowest BCUT2D eigenvalue weighted by Crippen LogP contribution is -2.17. The summed E-state index contributed by atoms with van der Waals surface area (Å²) in [5, 5.41) is 14.0. The number of carbonyl (C=O) groups is 2. The van der Waals surface area contributed by atoms with E-state index in [2.05, 4.69) is 20.8 Å². The highest BCUT2D eigenvalue weighted by molar-refractivity contribution is 6.07. The van der Waals surface area contributed by atoms with Crippen molar-refractivity contribution in [1.82, 2.24) is 10.2 Å². The predicted octanol–water partition coefficient (Wildman–Crippen LogP) is 4.27. The number of benzene rings is 2. The second-order valence-corrected chi connectivity index (χ2v) is 6.47. The highest BCUT2D eigenvalue weighted by atomic mass is 16.5. The number of amides is 1. The molecule has 0 saturated heterocycles. The number of para-hydroxylation sites is 1. The van der Waals surface area contributed by atoms with Gasteiger partial charge in [-0.1, -0.05) is 24.3 Å². The molecule has 0 aliphatic carbocycles. The van der Waals surface area contributed by atoms with Crippen molar-refractivity contribution >= 4 is 29.1 Å². The molecule has 0 bridgehead atoms. The molecule has 1 aromatic heterocycles. The molecular formula is C22H22N4O3. The van der Waals surface area contributed by atoms with E-state index in [1.54, 1.807) is 43.3 Å². The second kappa shape index (κ2) is 8.97. The standard InChI is InChI=1S/C22H22N4O3/c1-4-29-22(28)16-7-5-6-8-17(16)24-21(27)18-11-12-20(26-25-18)23-19-13-14(2)9-10-15(19)3/h5-13H,4H2,1-3H3,(H,23,26)(H,24,27). The van der Waals surface area contributed by atoms with Gasteiger partial charge < -0.3 is 15.4 Å². The Morgan fingerprint density at radius 1 is 0.966 bits per heavy atom. The van der Waals surface area contributed by atoms with Gasteiger partial charge in [-0.2, -0.15) is 0 Å². The van der Waals surface area contributed by atoms with Crippen LogP contribution in [0.3, 0.4) is 0 Å². The topological polar surface area (TPSA) is 93.2 Å². The summed E-state index contributed by atoms with van der Waals surface area (Å²) in [6, 6.07) is 16.0. The van der Waals surface area contributed by atoms with Gasteiger partial charge in [0.1, 0.15) is 0 Å². The number of hydrogen-bond acceptors (Lipinski definition) is 6. The molecule has 3 aromatic rings. The summed E-state index contributed by atoms with van der Waals surface area (Å²) in [6.07, 6.45) is 0. The van der Waals surface area contributed by atoms with Crippen LogP contribution in [-0.2, 0) is 4.74 Å². The van der Waals surface area contributed by atoms with Crippen molar-refractivity contribution in [2.75, 3.05) is 17.2 Å². The molecule has 1 heterocycles. The number of aromatic nitrogens is 2. The lowest BCUT2D eigenvalue weighted by atomic mass is 10.1. The molecule has 0 aliphatic rings. The van der Waals surface area contributed by atoms with Crippen molar-refractivity contribution in [3.05, 3.63) is 77.0 Å². The van der Waals surface area contributed by atoms with E-state index in [-0.39, 0.29) is 17.9 Å². The third-order valence-electron chi connectivity index (χ3n) is 4.22. The maximum Gasteiger partial charge on any atom is 0.340 e. The molecular weight excluding hydrogens is 368 g/mol. The van der Waals surface area contributed by atoms with Gasteiger partial charge in [0.15, 0.2) is 11.5 Å². The molecule has 7 heteroatoms. The quantitative estimate of drug-likeness (QED) is 0.611. The molecule has 0 unspecified atom stereocenters. The largest absolute Gasteiger partial charge is 0.462 e. The third-order valence-corrected chi connectivity index (χ3v) is 4.22. The number of hydrogen-bond donors (Lipinski definition) is 2. The van der Waals surface area contributed by atoms with Crippen LogP contribution in [0.15, 0.2) is 54.6 Å². The monoisotopic (exact) mass is 390 g/mol. The third kappa shape index (κ3) is 4.95. The summed E-state index contributed by atoms with van der Waals surface area (Å²) in [4.78, 5) is 24.6. The lowest BCUT2D eigenvalue weighted by Gasteiger charge is -2.11. The fourth-order valence-electron chi connectivity index (χ4n) is 2.69. The first-order valence-corrected chi connectivity index (χ1v) is 9.23. The van der Waals surface area contributed by atoms with Crippen molar-refractivity contribution in [2.45, 2.75) is 20.8 Å². The summed E-state index contributed by atoms with van der Waals surface area (Å²) >= 11 is 0. The normalized spacial score (nSPS) is 10.3. The molecule has 148 valence electrons. The molecule has 2 N–H and O–H groups in total. The number of aryl methyl sites for hydroxylation is 2. The summed E-state index contributed by atoms with van der Waals surface area (Å²) in [5.74, 6) is -0.433. The first kappa shape index (κ1) is 20.0. The fourth-order valence-corrected chi connectivity index (χ4v) is 2.69. The first-order valence-electron chi connectivity index (χ1n) is 9.23. The molecule has 0 atom stereocenters. The van der Waals surface area contributed by atoms with Gasteiger partial charge in [-0.3, -0.25) is 4.79 Å². The molecule has 2 aromatic carbocycles. The summed E-state index contributed by atoms with van der Waals surface area (Å²) < 4.78 is 5.02. The minimum atomic E-state index is -0.498. The van der Waals surface area contributed by atoms with Crippen LogP contribution in [0.1, 0.15) is 38.9 Å². The molecule has 0 radical (unpaired) electrons. The van der Waals surface area contributed by atoms with Crippen molar-refractivity contribution in [3.63, 3.8) is 0 Å². The van der Waals surface area contributed by atoms with Crippen LogP contribution in [-0.4, -0.2) is 28.7 Å². The van der Waals surface area contributed by atoms with Gasteiger partial charge in [-0.25, -0.2) is 4.79 Å². The van der Waals surface area contributed by atoms with Crippen molar-refractivity contribution < 1.29 is 14.3 Å². The van der Waals surface area contributed by atoms with E-state index in [0.717, 1.165) is 16.8 Å². The zero-order valence-electron chi connectivity index (χ0n) is 16.5. The van der Waals surface area contributed by atoms with Gasteiger partial charge in [0.05, 0.1) is 17.9 Å². The van der Waals surface area contributed by atoms with Gasteiger partial charge >= 0.3 is 5.97 Å². The summed E-state index contributed by atoms with van der Waals surface area (Å²) in [7, 11) is 0. The van der Waals surface area contributed by atoms with Gasteiger partial charge in [-0.05, 0) is 62.2 Å². The van der Waals surface area contributed by atoms with E-state index in [0.29, 0.717) is 11.5 Å². The molecule has 1 amide bonds. The molecule has 0 spiro atoms. The van der Waals surface area contributed by atoms with Gasteiger partial charge in [0.25, 0.3) is 5.91 Å². The molecule has 7 nitrogen and oxygen atoms in total. The smallest absolute Gasteiger partial charge is 0.340 e. The Labute approximate surface area is 169 Å². The highest BCUT2D eigenvalue weighted by Crippen LogP contribution is 2.21. The Balaban J connectivity index is 1.73. The average Bonchev–Trinajstić information content (AvgIpc) is 2.72. The zero-order chi connectivity index (χ0) is 20.8. The number of nitrogens with one attached hydrogen (secondary N) is 2. The molecule has 3 rings (SSSR count). The molecule has 0 aliphatic heterocycles. The van der Waals surface area contributed by atoms with E-state index in [4.69, 9.17) is 4.74 Å². The Morgan fingerprint density at radius 3 is 2.48 bits per heavy atom. The maximum absolute atomic E-state index is 12.5. The highest BCUT2D eigenvalue weighted by Gasteiger charge is 2.16. The van der Waals surface area contributed by atoms with Crippen LogP contribution in [0.2, 0.25) is 0 Å². The molecule has 29 heavy (non-hydrogen) atoms. The van der Waals surface area contributed by atoms with Crippen molar-refractivity contribution in [2.24, 2.45) is 0 Å². The minimum Gasteiger partial charge on any atom is -0.462 e. The number of carbonyl (C=O) groups excluding carboxylic acids is 2. The maximum atomic E-state index is 12.5. The number of rotatable bonds is 6. The van der Waals surface area contributed by atoms with Crippen LogP contribution in [0.4, 0.5) is 17.2 Å². The average molecular weight is 390 g/mol. The zero-order valence-corrected chi connectivity index (χ0v) is 16.5. The fraction of sp³-hybridized carbons (Fsp3) is 0.182. The Bertz CT molecular complexity index is 1030. The number of anilines is 3. The van der Waals surface area contributed by atoms with E-state index >= 15 is 0 Å². The van der Waals surface area contributed by atoms with Crippen LogP contribution in [0, 0.1) is 13.8 Å². The van der Waals surface area contributed by atoms with Crippen LogP contribution in [0.25, 0.3) is 0 Å². The molecule has 0 saturated carbocycles. The first-order chi connectivity index (χ1) is 14.0. The van der Waals surface area contributed by atoms with E-state index in [9.17, 15) is 9.59 Å². The lowest BCUT2D eigenvalue weighted by molar-refractivity contribution is 0.0527. The van der Waals surface area contributed by atoms with E-state index < -0.39 is 11.9 Å². The van der Waals surface area contributed by atoms with Gasteiger partial charge in [0.2, 0.25) is 0 Å². The van der Waals surface area contributed by atoms with Gasteiger partial charge in [0, 0.05) is 5.69 Å². The van der Waals surface area contributed by atoms with Gasteiger partial charge in [-0.15, -0.1) is 10.2 Å². The summed E-state index contributed by atoms with van der Waals surface area (Å²) in [5.41, 5.74) is 3.91. The number of ether oxygens (including phenoxy) is 1. The molecule has 0 fully saturated rings. The Morgan fingerprint density at radius 2 is 1.76 bits per heavy atom.